The summed E-state index contributed by atoms with van der Waals surface area (Å²) in [6.45, 7) is 8.45. The van der Waals surface area contributed by atoms with E-state index in [0.29, 0.717) is 12.5 Å². The lowest BCUT2D eigenvalue weighted by atomic mass is 9.96. The van der Waals surface area contributed by atoms with E-state index >= 15 is 0 Å². The second-order valence-electron chi connectivity index (χ2n) is 7.66. The normalized spacial score (nSPS) is 16.9. The maximum Gasteiger partial charge on any atom is 0.237 e. The van der Waals surface area contributed by atoms with Gasteiger partial charge >= 0.3 is 0 Å². The third-order valence-electron chi connectivity index (χ3n) is 5.95. The lowest BCUT2D eigenvalue weighted by Crippen LogP contribution is -2.54. The number of nitrogens with one attached hydrogen (secondary N) is 1. The van der Waals surface area contributed by atoms with E-state index in [1.54, 1.807) is 7.11 Å². The highest BCUT2D eigenvalue weighted by Gasteiger charge is 2.26. The zero-order chi connectivity index (χ0) is 20.6. The number of amides is 1. The lowest BCUT2D eigenvalue weighted by molar-refractivity contribution is -0.126. The summed E-state index contributed by atoms with van der Waals surface area (Å²) in [6.07, 6.45) is 1.01. The molecule has 1 N–H and O–H groups in total. The Kier molecular flexibility index (Phi) is 7.53. The fourth-order valence-electron chi connectivity index (χ4n) is 3.94. The van der Waals surface area contributed by atoms with Crippen molar-refractivity contribution in [2.75, 3.05) is 44.7 Å². The summed E-state index contributed by atoms with van der Waals surface area (Å²) in [5.41, 5.74) is 2.46. The van der Waals surface area contributed by atoms with Gasteiger partial charge in [0.2, 0.25) is 5.91 Å². The summed E-state index contributed by atoms with van der Waals surface area (Å²) in [6, 6.07) is 18.5. The largest absolute Gasteiger partial charge is 0.497 e. The van der Waals surface area contributed by atoms with Crippen LogP contribution in [0.4, 0.5) is 5.69 Å². The predicted octanol–water partition coefficient (Wildman–Crippen LogP) is 3.52. The molecule has 0 saturated carbocycles. The summed E-state index contributed by atoms with van der Waals surface area (Å²) >= 11 is 0. The molecule has 29 heavy (non-hydrogen) atoms. The molecule has 0 aliphatic carbocycles. The topological polar surface area (TPSA) is 44.8 Å². The first-order chi connectivity index (χ1) is 14.1. The molecule has 5 nitrogen and oxygen atoms in total. The van der Waals surface area contributed by atoms with Gasteiger partial charge in [0.05, 0.1) is 13.2 Å². The average molecular weight is 396 g/mol. The lowest BCUT2D eigenvalue weighted by Gasteiger charge is -2.38. The number of methoxy groups -OCH3 is 1. The number of nitrogens with zero attached hydrogens (tertiary/aromatic N) is 2. The summed E-state index contributed by atoms with van der Waals surface area (Å²) in [5, 5.41) is 3.18. The molecule has 1 saturated heterocycles. The van der Waals surface area contributed by atoms with Crippen LogP contribution in [0.25, 0.3) is 0 Å². The van der Waals surface area contributed by atoms with Crippen molar-refractivity contribution in [1.29, 1.82) is 0 Å². The number of anilines is 1. The van der Waals surface area contributed by atoms with Gasteiger partial charge in [0.25, 0.3) is 0 Å². The zero-order valence-electron chi connectivity index (χ0n) is 17.8. The number of hydrogen-bond donors (Lipinski definition) is 1. The summed E-state index contributed by atoms with van der Waals surface area (Å²) in [7, 11) is 1.69. The van der Waals surface area contributed by atoms with Crippen molar-refractivity contribution in [3.63, 3.8) is 0 Å². The molecule has 2 atom stereocenters. The number of carbonyl (C=O) groups excluding carboxylic acids is 1. The number of piperazine rings is 1. The molecule has 1 amide bonds. The highest BCUT2D eigenvalue weighted by molar-refractivity contribution is 5.81. The van der Waals surface area contributed by atoms with Gasteiger partial charge in [0.1, 0.15) is 5.75 Å². The van der Waals surface area contributed by atoms with E-state index < -0.39 is 0 Å². The van der Waals surface area contributed by atoms with E-state index in [1.165, 1.54) is 11.3 Å². The molecule has 1 aliphatic rings. The van der Waals surface area contributed by atoms with Gasteiger partial charge in [-0.25, -0.2) is 0 Å². The van der Waals surface area contributed by atoms with Gasteiger partial charge < -0.3 is 15.0 Å². The first kappa shape index (κ1) is 21.2. The van der Waals surface area contributed by atoms with Crippen LogP contribution in [0.1, 0.15) is 31.7 Å². The minimum atomic E-state index is -0.115. The van der Waals surface area contributed by atoms with Gasteiger partial charge in [-0.3, -0.25) is 9.69 Å². The molecule has 2 aromatic carbocycles. The molecular weight excluding hydrogens is 362 g/mol. The average Bonchev–Trinajstić information content (AvgIpc) is 2.79. The van der Waals surface area contributed by atoms with Crippen LogP contribution in [0.15, 0.2) is 54.6 Å². The highest BCUT2D eigenvalue weighted by Crippen LogP contribution is 2.23. The molecular formula is C24H33N3O2. The molecule has 0 bridgehead atoms. The highest BCUT2D eigenvalue weighted by atomic mass is 16.5. The molecule has 1 aliphatic heterocycles. The minimum Gasteiger partial charge on any atom is -0.497 e. The number of carbonyl (C=O) groups is 1. The maximum atomic E-state index is 12.7. The SMILES string of the molecule is CC[C@@H](CNC(=O)[C@@H](C)N1CCN(c2cccc(OC)c2)CC1)c1ccccc1. The Morgan fingerprint density at radius 2 is 1.79 bits per heavy atom. The van der Waals surface area contributed by atoms with E-state index in [4.69, 9.17) is 4.74 Å². The Balaban J connectivity index is 1.49. The first-order valence-corrected chi connectivity index (χ1v) is 10.6. The van der Waals surface area contributed by atoms with Crippen LogP contribution in [0, 0.1) is 0 Å². The second kappa shape index (κ2) is 10.3. The standard InChI is InChI=1S/C24H33N3O2/c1-4-20(21-9-6-5-7-10-21)18-25-24(28)19(2)26-13-15-27(16-14-26)22-11-8-12-23(17-22)29-3/h5-12,17,19-20H,4,13-16,18H2,1-3H3,(H,25,28)/t19-,20+/m1/s1. The third kappa shape index (κ3) is 5.51. The van der Waals surface area contributed by atoms with Crippen molar-refractivity contribution >= 4 is 11.6 Å². The van der Waals surface area contributed by atoms with Crippen molar-refractivity contribution in [2.24, 2.45) is 0 Å². The smallest absolute Gasteiger partial charge is 0.237 e. The van der Waals surface area contributed by atoms with E-state index in [-0.39, 0.29) is 11.9 Å². The third-order valence-corrected chi connectivity index (χ3v) is 5.95. The summed E-state index contributed by atoms with van der Waals surface area (Å²) in [4.78, 5) is 17.4. The monoisotopic (exact) mass is 395 g/mol. The van der Waals surface area contributed by atoms with E-state index in [2.05, 4.69) is 58.4 Å². The second-order valence-corrected chi connectivity index (χ2v) is 7.66. The Labute approximate surface area is 174 Å². The first-order valence-electron chi connectivity index (χ1n) is 10.6. The number of benzene rings is 2. The molecule has 0 spiro atoms. The van der Waals surface area contributed by atoms with Gasteiger partial charge in [0, 0.05) is 50.4 Å². The Morgan fingerprint density at radius 1 is 1.07 bits per heavy atom. The van der Waals surface area contributed by atoms with Crippen LogP contribution in [-0.2, 0) is 4.79 Å². The summed E-state index contributed by atoms with van der Waals surface area (Å²) in [5.74, 6) is 1.35. The van der Waals surface area contributed by atoms with Crippen molar-refractivity contribution < 1.29 is 9.53 Å². The summed E-state index contributed by atoms with van der Waals surface area (Å²) < 4.78 is 5.33. The van der Waals surface area contributed by atoms with Gasteiger partial charge in [-0.15, -0.1) is 0 Å². The zero-order valence-corrected chi connectivity index (χ0v) is 17.8. The number of ether oxygens (including phenoxy) is 1. The number of hydrogen-bond acceptors (Lipinski definition) is 4. The van der Waals surface area contributed by atoms with E-state index in [1.807, 2.05) is 25.1 Å². The molecule has 0 unspecified atom stereocenters. The Bertz CT molecular complexity index is 773. The molecule has 0 radical (unpaired) electrons. The van der Waals surface area contributed by atoms with Crippen molar-refractivity contribution in [3.05, 3.63) is 60.2 Å². The molecule has 2 aromatic rings. The van der Waals surface area contributed by atoms with Crippen LogP contribution in [0.5, 0.6) is 5.75 Å². The molecule has 1 heterocycles. The minimum absolute atomic E-state index is 0.115. The van der Waals surface area contributed by atoms with Crippen LogP contribution < -0.4 is 15.0 Å². The molecule has 156 valence electrons. The van der Waals surface area contributed by atoms with Crippen LogP contribution in [0.3, 0.4) is 0 Å². The van der Waals surface area contributed by atoms with Gasteiger partial charge in [-0.05, 0) is 31.0 Å². The van der Waals surface area contributed by atoms with Crippen molar-refractivity contribution in [3.8, 4) is 5.75 Å². The maximum absolute atomic E-state index is 12.7. The molecule has 0 aromatic heterocycles. The van der Waals surface area contributed by atoms with E-state index in [0.717, 1.165) is 38.3 Å². The molecule has 5 heteroatoms. The van der Waals surface area contributed by atoms with Gasteiger partial charge in [-0.2, -0.15) is 0 Å². The van der Waals surface area contributed by atoms with Crippen LogP contribution in [0.2, 0.25) is 0 Å². The predicted molar refractivity (Wildman–Crippen MR) is 119 cm³/mol. The fourth-order valence-corrected chi connectivity index (χ4v) is 3.94. The molecule has 3 rings (SSSR count). The molecule has 1 fully saturated rings. The van der Waals surface area contributed by atoms with Gasteiger partial charge in [-0.1, -0.05) is 43.3 Å². The Hall–Kier alpha value is -2.53. The van der Waals surface area contributed by atoms with Crippen molar-refractivity contribution in [2.45, 2.75) is 32.2 Å². The number of rotatable bonds is 8. The quantitative estimate of drug-likeness (QED) is 0.743. The Morgan fingerprint density at radius 3 is 2.45 bits per heavy atom. The fraction of sp³-hybridized carbons (Fsp3) is 0.458. The van der Waals surface area contributed by atoms with Crippen LogP contribution in [-0.4, -0.2) is 56.7 Å². The van der Waals surface area contributed by atoms with Crippen molar-refractivity contribution in [1.82, 2.24) is 10.2 Å². The van der Waals surface area contributed by atoms with E-state index in [9.17, 15) is 4.79 Å². The van der Waals surface area contributed by atoms with Gasteiger partial charge in [0.15, 0.2) is 0 Å². The van der Waals surface area contributed by atoms with Crippen LogP contribution >= 0.6 is 0 Å².